The molecule has 0 radical (unpaired) electrons. The molecule has 0 aliphatic heterocycles. The molecule has 4 nitrogen and oxygen atoms in total. The molecule has 0 saturated heterocycles. The fourth-order valence-corrected chi connectivity index (χ4v) is 2.30. The Hall–Kier alpha value is -0.610. The van der Waals surface area contributed by atoms with Crippen LogP contribution in [0.1, 0.15) is 46.5 Å². The fraction of sp³-hybridized carbons (Fsp3) is 0.929. The molecule has 0 bridgehead atoms. The van der Waals surface area contributed by atoms with Crippen LogP contribution in [0.3, 0.4) is 0 Å². The van der Waals surface area contributed by atoms with E-state index in [0.29, 0.717) is 24.7 Å². The zero-order chi connectivity index (χ0) is 13.4. The van der Waals surface area contributed by atoms with Crippen LogP contribution in [-0.4, -0.2) is 38.4 Å². The van der Waals surface area contributed by atoms with Crippen molar-refractivity contribution in [1.82, 2.24) is 5.32 Å². The van der Waals surface area contributed by atoms with Crippen molar-refractivity contribution in [3.8, 4) is 0 Å². The molecule has 18 heavy (non-hydrogen) atoms. The Balaban J connectivity index is 1.97. The van der Waals surface area contributed by atoms with Gasteiger partial charge in [0.05, 0.1) is 13.2 Å². The largest absolute Gasteiger partial charge is 0.464 e. The van der Waals surface area contributed by atoms with Crippen LogP contribution in [-0.2, 0) is 14.3 Å². The summed E-state index contributed by atoms with van der Waals surface area (Å²) in [5.74, 6) is -0.281. The topological polar surface area (TPSA) is 47.6 Å². The summed E-state index contributed by atoms with van der Waals surface area (Å²) in [7, 11) is 0. The van der Waals surface area contributed by atoms with Gasteiger partial charge >= 0.3 is 5.97 Å². The average Bonchev–Trinajstić information content (AvgIpc) is 2.31. The lowest BCUT2D eigenvalue weighted by atomic mass is 9.75. The third kappa shape index (κ3) is 6.36. The van der Waals surface area contributed by atoms with E-state index < -0.39 is 0 Å². The lowest BCUT2D eigenvalue weighted by Crippen LogP contribution is -2.37. The van der Waals surface area contributed by atoms with E-state index in [2.05, 4.69) is 19.2 Å². The Morgan fingerprint density at radius 2 is 2.00 bits per heavy atom. The van der Waals surface area contributed by atoms with Crippen LogP contribution in [0, 0.1) is 5.41 Å². The molecule has 1 N–H and O–H groups in total. The van der Waals surface area contributed by atoms with Crippen molar-refractivity contribution in [2.24, 2.45) is 5.41 Å². The normalized spacial score (nSPS) is 19.7. The maximum Gasteiger partial charge on any atom is 0.332 e. The van der Waals surface area contributed by atoms with E-state index in [1.165, 1.54) is 25.7 Å². The Bertz CT molecular complexity index is 243. The SMILES string of the molecule is CCOC(=O)COCCNC1CCC(C)(C)CC1. The van der Waals surface area contributed by atoms with Crippen LogP contribution in [0.15, 0.2) is 0 Å². The molecule has 1 aliphatic carbocycles. The Kier molecular flexibility index (Phi) is 6.65. The smallest absolute Gasteiger partial charge is 0.332 e. The molecule has 1 saturated carbocycles. The van der Waals surface area contributed by atoms with Gasteiger partial charge in [-0.05, 0) is 38.0 Å². The van der Waals surface area contributed by atoms with E-state index in [9.17, 15) is 4.79 Å². The molecular weight excluding hydrogens is 230 g/mol. The van der Waals surface area contributed by atoms with Crippen molar-refractivity contribution in [2.75, 3.05) is 26.4 Å². The molecule has 0 aromatic carbocycles. The minimum Gasteiger partial charge on any atom is -0.464 e. The van der Waals surface area contributed by atoms with Gasteiger partial charge in [-0.3, -0.25) is 0 Å². The van der Waals surface area contributed by atoms with E-state index in [4.69, 9.17) is 9.47 Å². The molecule has 0 spiro atoms. The van der Waals surface area contributed by atoms with Gasteiger partial charge in [-0.1, -0.05) is 13.8 Å². The number of hydrogen-bond acceptors (Lipinski definition) is 4. The van der Waals surface area contributed by atoms with Crippen molar-refractivity contribution in [1.29, 1.82) is 0 Å². The van der Waals surface area contributed by atoms with Crippen molar-refractivity contribution in [2.45, 2.75) is 52.5 Å². The summed E-state index contributed by atoms with van der Waals surface area (Å²) in [6.07, 6.45) is 5.05. The van der Waals surface area contributed by atoms with Gasteiger partial charge in [-0.2, -0.15) is 0 Å². The van der Waals surface area contributed by atoms with E-state index in [0.717, 1.165) is 6.54 Å². The number of carbonyl (C=O) groups is 1. The number of carbonyl (C=O) groups excluding carboxylic acids is 1. The number of rotatable bonds is 7. The highest BCUT2D eigenvalue weighted by molar-refractivity contribution is 5.70. The minimum atomic E-state index is -0.281. The average molecular weight is 257 g/mol. The van der Waals surface area contributed by atoms with Crippen LogP contribution < -0.4 is 5.32 Å². The van der Waals surface area contributed by atoms with Crippen LogP contribution in [0.2, 0.25) is 0 Å². The third-order valence-electron chi connectivity index (χ3n) is 3.54. The van der Waals surface area contributed by atoms with E-state index in [1.54, 1.807) is 6.92 Å². The van der Waals surface area contributed by atoms with Gasteiger partial charge in [0.1, 0.15) is 6.61 Å². The second-order valence-electron chi connectivity index (χ2n) is 5.75. The molecule has 0 aromatic rings. The summed E-state index contributed by atoms with van der Waals surface area (Å²) < 4.78 is 10.0. The first-order valence-electron chi connectivity index (χ1n) is 7.00. The standard InChI is InChI=1S/C14H27NO3/c1-4-18-13(16)11-17-10-9-15-12-5-7-14(2,3)8-6-12/h12,15H,4-11H2,1-3H3. The van der Waals surface area contributed by atoms with Gasteiger partial charge in [-0.15, -0.1) is 0 Å². The lowest BCUT2D eigenvalue weighted by molar-refractivity contribution is -0.148. The van der Waals surface area contributed by atoms with Gasteiger partial charge in [-0.25, -0.2) is 4.79 Å². The lowest BCUT2D eigenvalue weighted by Gasteiger charge is -2.34. The summed E-state index contributed by atoms with van der Waals surface area (Å²) in [6.45, 7) is 8.33. The number of ether oxygens (including phenoxy) is 2. The van der Waals surface area contributed by atoms with Crippen molar-refractivity contribution in [3.63, 3.8) is 0 Å². The fourth-order valence-electron chi connectivity index (χ4n) is 2.30. The van der Waals surface area contributed by atoms with Gasteiger partial charge in [0, 0.05) is 12.6 Å². The van der Waals surface area contributed by atoms with Crippen LogP contribution in [0.5, 0.6) is 0 Å². The first kappa shape index (κ1) is 15.4. The predicted molar refractivity (Wildman–Crippen MR) is 71.5 cm³/mol. The predicted octanol–water partition coefficient (Wildman–Crippen LogP) is 2.12. The Labute approximate surface area is 110 Å². The molecule has 1 fully saturated rings. The molecule has 0 amide bonds. The molecule has 1 aliphatic rings. The first-order chi connectivity index (χ1) is 8.53. The van der Waals surface area contributed by atoms with Crippen molar-refractivity contribution in [3.05, 3.63) is 0 Å². The minimum absolute atomic E-state index is 0.0627. The molecule has 0 atom stereocenters. The van der Waals surface area contributed by atoms with Gasteiger partial charge < -0.3 is 14.8 Å². The van der Waals surface area contributed by atoms with E-state index in [1.807, 2.05) is 0 Å². The third-order valence-corrected chi connectivity index (χ3v) is 3.54. The summed E-state index contributed by atoms with van der Waals surface area (Å²) in [4.78, 5) is 11.0. The first-order valence-corrected chi connectivity index (χ1v) is 7.00. The highest BCUT2D eigenvalue weighted by Crippen LogP contribution is 2.34. The Morgan fingerprint density at radius 3 is 2.61 bits per heavy atom. The second-order valence-corrected chi connectivity index (χ2v) is 5.75. The number of hydrogen-bond donors (Lipinski definition) is 1. The van der Waals surface area contributed by atoms with Crippen molar-refractivity contribution >= 4 is 5.97 Å². The van der Waals surface area contributed by atoms with E-state index in [-0.39, 0.29) is 12.6 Å². The van der Waals surface area contributed by atoms with Crippen LogP contribution in [0.4, 0.5) is 0 Å². The second kappa shape index (κ2) is 7.74. The Morgan fingerprint density at radius 1 is 1.33 bits per heavy atom. The summed E-state index contributed by atoms with van der Waals surface area (Å²) in [5.41, 5.74) is 0.512. The quantitative estimate of drug-likeness (QED) is 0.560. The van der Waals surface area contributed by atoms with E-state index >= 15 is 0 Å². The monoisotopic (exact) mass is 257 g/mol. The molecule has 0 heterocycles. The van der Waals surface area contributed by atoms with Crippen molar-refractivity contribution < 1.29 is 14.3 Å². The molecule has 1 rings (SSSR count). The van der Waals surface area contributed by atoms with Crippen LogP contribution >= 0.6 is 0 Å². The molecule has 0 unspecified atom stereocenters. The van der Waals surface area contributed by atoms with Crippen LogP contribution in [0.25, 0.3) is 0 Å². The zero-order valence-corrected chi connectivity index (χ0v) is 12.0. The van der Waals surface area contributed by atoms with Gasteiger partial charge in [0.2, 0.25) is 0 Å². The molecular formula is C14H27NO3. The highest BCUT2D eigenvalue weighted by atomic mass is 16.6. The highest BCUT2D eigenvalue weighted by Gasteiger charge is 2.26. The van der Waals surface area contributed by atoms with Gasteiger partial charge in [0.25, 0.3) is 0 Å². The van der Waals surface area contributed by atoms with Gasteiger partial charge in [0.15, 0.2) is 0 Å². The summed E-state index contributed by atoms with van der Waals surface area (Å²) in [6, 6.07) is 0.615. The molecule has 0 aromatic heterocycles. The maximum absolute atomic E-state index is 11.0. The summed E-state index contributed by atoms with van der Waals surface area (Å²) >= 11 is 0. The number of esters is 1. The molecule has 4 heteroatoms. The molecule has 106 valence electrons. The maximum atomic E-state index is 11.0. The zero-order valence-electron chi connectivity index (χ0n) is 12.0. The number of nitrogens with one attached hydrogen (secondary N) is 1. The summed E-state index contributed by atoms with van der Waals surface area (Å²) in [5, 5.41) is 3.49.